The molecule has 1 N–H and O–H groups in total. The lowest BCUT2D eigenvalue weighted by Gasteiger charge is -2.12. The molecule has 1 atom stereocenters. The fraction of sp³-hybridized carbons (Fsp3) is 0.455. The Bertz CT molecular complexity index is 513. The van der Waals surface area contributed by atoms with Crippen molar-refractivity contribution in [2.75, 3.05) is 19.0 Å². The van der Waals surface area contributed by atoms with E-state index >= 15 is 0 Å². The van der Waals surface area contributed by atoms with Gasteiger partial charge in [0.25, 0.3) is 0 Å². The highest BCUT2D eigenvalue weighted by atomic mass is 79.9. The molecule has 0 bridgehead atoms. The van der Waals surface area contributed by atoms with Gasteiger partial charge in [-0.2, -0.15) is 0 Å². The maximum absolute atomic E-state index is 5.61. The molecule has 0 amide bonds. The van der Waals surface area contributed by atoms with Gasteiger partial charge in [-0.1, -0.05) is 5.10 Å². The van der Waals surface area contributed by atoms with Gasteiger partial charge in [0.05, 0.1) is 9.83 Å². The molecule has 0 aromatic carbocycles. The summed E-state index contributed by atoms with van der Waals surface area (Å²) in [6.45, 7) is 2.73. The van der Waals surface area contributed by atoms with Gasteiger partial charge in [-0.3, -0.25) is 0 Å². The SMILES string of the molecule is CNC(C)c1nnc(N(C)Cc2csc(Br)c2)o1. The van der Waals surface area contributed by atoms with Crippen molar-refractivity contribution in [3.8, 4) is 0 Å². The maximum atomic E-state index is 5.61. The number of nitrogens with zero attached hydrogens (tertiary/aromatic N) is 3. The Labute approximate surface area is 118 Å². The first kappa shape index (κ1) is 13.5. The van der Waals surface area contributed by atoms with E-state index in [0.717, 1.165) is 10.3 Å². The summed E-state index contributed by atoms with van der Waals surface area (Å²) in [4.78, 5) is 1.94. The lowest BCUT2D eigenvalue weighted by molar-refractivity contribution is 0.432. The lowest BCUT2D eigenvalue weighted by Crippen LogP contribution is -2.16. The third kappa shape index (κ3) is 3.09. The van der Waals surface area contributed by atoms with Gasteiger partial charge in [0, 0.05) is 13.6 Å². The summed E-state index contributed by atoms with van der Waals surface area (Å²) in [5.74, 6) is 0.603. The van der Waals surface area contributed by atoms with Gasteiger partial charge in [0.2, 0.25) is 5.89 Å². The molecule has 5 nitrogen and oxygen atoms in total. The van der Waals surface area contributed by atoms with Crippen molar-refractivity contribution in [1.82, 2.24) is 15.5 Å². The molecule has 0 spiro atoms. The molecule has 2 heterocycles. The third-order valence-corrected chi connectivity index (χ3v) is 4.15. The van der Waals surface area contributed by atoms with Crippen molar-refractivity contribution >= 4 is 33.3 Å². The number of hydrogen-bond donors (Lipinski definition) is 1. The van der Waals surface area contributed by atoms with Gasteiger partial charge in [-0.15, -0.1) is 16.4 Å². The number of halogens is 1. The summed E-state index contributed by atoms with van der Waals surface area (Å²) < 4.78 is 6.74. The average molecular weight is 331 g/mol. The van der Waals surface area contributed by atoms with Crippen LogP contribution in [-0.4, -0.2) is 24.3 Å². The van der Waals surface area contributed by atoms with E-state index in [1.807, 2.05) is 25.9 Å². The fourth-order valence-corrected chi connectivity index (χ4v) is 2.65. The highest BCUT2D eigenvalue weighted by Gasteiger charge is 2.15. The Hall–Kier alpha value is -0.920. The second kappa shape index (κ2) is 5.81. The molecule has 0 aliphatic rings. The first-order valence-corrected chi connectivity index (χ1v) is 7.22. The van der Waals surface area contributed by atoms with Gasteiger partial charge >= 0.3 is 6.01 Å². The highest BCUT2D eigenvalue weighted by Crippen LogP contribution is 2.23. The minimum absolute atomic E-state index is 0.0648. The standard InChI is InChI=1S/C11H15BrN4OS/c1-7(13-2)10-14-15-11(17-10)16(3)5-8-4-9(12)18-6-8/h4,6-7,13H,5H2,1-3H3. The Morgan fingerprint density at radius 3 is 2.94 bits per heavy atom. The van der Waals surface area contributed by atoms with Crippen LogP contribution in [0.5, 0.6) is 0 Å². The Morgan fingerprint density at radius 2 is 2.33 bits per heavy atom. The zero-order valence-electron chi connectivity index (χ0n) is 10.5. The van der Waals surface area contributed by atoms with E-state index in [1.54, 1.807) is 11.3 Å². The molecular weight excluding hydrogens is 316 g/mol. The van der Waals surface area contributed by atoms with Crippen LogP contribution in [0, 0.1) is 0 Å². The zero-order chi connectivity index (χ0) is 13.1. The molecule has 2 aromatic heterocycles. The number of hydrogen-bond acceptors (Lipinski definition) is 6. The van der Waals surface area contributed by atoms with E-state index in [0.29, 0.717) is 11.9 Å². The highest BCUT2D eigenvalue weighted by molar-refractivity contribution is 9.11. The van der Waals surface area contributed by atoms with Crippen LogP contribution in [0.15, 0.2) is 19.6 Å². The van der Waals surface area contributed by atoms with E-state index in [2.05, 4.69) is 42.9 Å². The molecule has 2 rings (SSSR count). The fourth-order valence-electron chi connectivity index (χ4n) is 1.45. The number of anilines is 1. The van der Waals surface area contributed by atoms with Crippen LogP contribution in [-0.2, 0) is 6.54 Å². The molecule has 0 aliphatic heterocycles. The van der Waals surface area contributed by atoms with Crippen molar-refractivity contribution in [3.63, 3.8) is 0 Å². The van der Waals surface area contributed by atoms with Crippen LogP contribution in [0.4, 0.5) is 6.01 Å². The van der Waals surface area contributed by atoms with Crippen LogP contribution >= 0.6 is 27.3 Å². The third-order valence-electron chi connectivity index (χ3n) is 2.60. The van der Waals surface area contributed by atoms with Crippen LogP contribution in [0.1, 0.15) is 24.4 Å². The lowest BCUT2D eigenvalue weighted by atomic mass is 10.3. The van der Waals surface area contributed by atoms with Crippen molar-refractivity contribution < 1.29 is 4.42 Å². The van der Waals surface area contributed by atoms with Gasteiger partial charge in [0.1, 0.15) is 0 Å². The molecule has 7 heteroatoms. The van der Waals surface area contributed by atoms with Crippen molar-refractivity contribution in [1.29, 1.82) is 0 Å². The average Bonchev–Trinajstić information content (AvgIpc) is 2.97. The van der Waals surface area contributed by atoms with E-state index in [1.165, 1.54) is 5.56 Å². The Kier molecular flexibility index (Phi) is 4.36. The minimum Gasteiger partial charge on any atom is -0.406 e. The van der Waals surface area contributed by atoms with Gasteiger partial charge in [0.15, 0.2) is 0 Å². The first-order chi connectivity index (χ1) is 8.60. The van der Waals surface area contributed by atoms with Crippen molar-refractivity contribution in [2.45, 2.75) is 19.5 Å². The quantitative estimate of drug-likeness (QED) is 0.913. The second-order valence-electron chi connectivity index (χ2n) is 4.05. The van der Waals surface area contributed by atoms with E-state index in [4.69, 9.17) is 4.42 Å². The summed E-state index contributed by atoms with van der Waals surface area (Å²) in [6, 6.07) is 2.69. The molecular formula is C11H15BrN4OS. The summed E-state index contributed by atoms with van der Waals surface area (Å²) in [5.41, 5.74) is 1.22. The van der Waals surface area contributed by atoms with Crippen LogP contribution < -0.4 is 10.2 Å². The number of rotatable bonds is 5. The van der Waals surface area contributed by atoms with Gasteiger partial charge in [-0.25, -0.2) is 0 Å². The molecule has 0 saturated heterocycles. The molecule has 0 aliphatic carbocycles. The predicted molar refractivity (Wildman–Crippen MR) is 75.9 cm³/mol. The van der Waals surface area contributed by atoms with E-state index in [9.17, 15) is 0 Å². The molecule has 0 fully saturated rings. The molecule has 18 heavy (non-hydrogen) atoms. The number of thiophene rings is 1. The molecule has 1 unspecified atom stereocenters. The molecule has 0 radical (unpaired) electrons. The smallest absolute Gasteiger partial charge is 0.318 e. The molecule has 0 saturated carbocycles. The summed E-state index contributed by atoms with van der Waals surface area (Å²) in [7, 11) is 3.80. The second-order valence-corrected chi connectivity index (χ2v) is 6.34. The first-order valence-electron chi connectivity index (χ1n) is 5.55. The normalized spacial score (nSPS) is 12.7. The van der Waals surface area contributed by atoms with Crippen LogP contribution in [0.2, 0.25) is 0 Å². The predicted octanol–water partition coefficient (Wildman–Crippen LogP) is 2.81. The van der Waals surface area contributed by atoms with Crippen LogP contribution in [0.25, 0.3) is 0 Å². The molecule has 2 aromatic rings. The monoisotopic (exact) mass is 330 g/mol. The summed E-state index contributed by atoms with van der Waals surface area (Å²) in [5, 5.41) is 13.2. The zero-order valence-corrected chi connectivity index (χ0v) is 12.9. The largest absolute Gasteiger partial charge is 0.406 e. The molecule has 98 valence electrons. The van der Waals surface area contributed by atoms with Crippen molar-refractivity contribution in [2.24, 2.45) is 0 Å². The number of nitrogens with one attached hydrogen (secondary N) is 1. The summed E-state index contributed by atoms with van der Waals surface area (Å²) in [6.07, 6.45) is 0. The Balaban J connectivity index is 2.04. The Morgan fingerprint density at radius 1 is 1.56 bits per heavy atom. The topological polar surface area (TPSA) is 54.2 Å². The van der Waals surface area contributed by atoms with Gasteiger partial charge < -0.3 is 14.6 Å². The number of aromatic nitrogens is 2. The van der Waals surface area contributed by atoms with Crippen molar-refractivity contribution in [3.05, 3.63) is 26.7 Å². The van der Waals surface area contributed by atoms with E-state index in [-0.39, 0.29) is 6.04 Å². The van der Waals surface area contributed by atoms with E-state index < -0.39 is 0 Å². The maximum Gasteiger partial charge on any atom is 0.318 e. The minimum atomic E-state index is 0.0648. The van der Waals surface area contributed by atoms with Crippen LogP contribution in [0.3, 0.4) is 0 Å². The summed E-state index contributed by atoms with van der Waals surface area (Å²) >= 11 is 5.12. The van der Waals surface area contributed by atoms with Gasteiger partial charge in [-0.05, 0) is 46.9 Å².